The second kappa shape index (κ2) is 7.04. The monoisotopic (exact) mass is 353 g/mol. The number of piperazine rings is 1. The van der Waals surface area contributed by atoms with Crippen LogP contribution in [0.1, 0.15) is 5.56 Å². The Kier molecular flexibility index (Phi) is 5.36. The van der Waals surface area contributed by atoms with E-state index in [0.717, 1.165) is 16.6 Å². The maximum absolute atomic E-state index is 12.5. The summed E-state index contributed by atoms with van der Waals surface area (Å²) in [6.07, 6.45) is 0.316. The van der Waals surface area contributed by atoms with Crippen LogP contribution in [-0.2, 0) is 16.0 Å². The van der Waals surface area contributed by atoms with Gasteiger partial charge < -0.3 is 15.1 Å². The maximum atomic E-state index is 12.5. The number of hydrogen-bond donors (Lipinski definition) is 1. The van der Waals surface area contributed by atoms with Gasteiger partial charge in [0.1, 0.15) is 6.04 Å². The highest BCUT2D eigenvalue weighted by molar-refractivity contribution is 9.10. The molecule has 0 saturated carbocycles. The van der Waals surface area contributed by atoms with Crippen molar-refractivity contribution in [2.75, 3.05) is 33.7 Å². The van der Waals surface area contributed by atoms with Gasteiger partial charge in [-0.25, -0.2) is 0 Å². The standard InChI is InChI=1S/C15H20BrN3O2/c1-18(2)15(21)13-10-17-6-7-19(13)14(20)9-11-4-3-5-12(16)8-11/h3-5,8,13,17H,6-7,9-10H2,1-2H3. The first-order chi connectivity index (χ1) is 9.99. The average molecular weight is 354 g/mol. The van der Waals surface area contributed by atoms with Gasteiger partial charge in [-0.15, -0.1) is 0 Å². The summed E-state index contributed by atoms with van der Waals surface area (Å²) in [6, 6.07) is 7.29. The normalized spacial score (nSPS) is 18.4. The third-order valence-corrected chi connectivity index (χ3v) is 4.03. The lowest BCUT2D eigenvalue weighted by Crippen LogP contribution is -2.59. The Hall–Kier alpha value is -1.40. The fourth-order valence-corrected chi connectivity index (χ4v) is 2.89. The van der Waals surface area contributed by atoms with Crippen molar-refractivity contribution in [1.82, 2.24) is 15.1 Å². The minimum Gasteiger partial charge on any atom is -0.347 e. The SMILES string of the molecule is CN(C)C(=O)C1CNCCN1C(=O)Cc1cccc(Br)c1. The quantitative estimate of drug-likeness (QED) is 0.877. The summed E-state index contributed by atoms with van der Waals surface area (Å²) in [5, 5.41) is 3.18. The zero-order chi connectivity index (χ0) is 15.4. The summed E-state index contributed by atoms with van der Waals surface area (Å²) in [6.45, 7) is 1.81. The molecule has 1 heterocycles. The molecule has 21 heavy (non-hydrogen) atoms. The molecule has 2 amide bonds. The largest absolute Gasteiger partial charge is 0.347 e. The van der Waals surface area contributed by atoms with Gasteiger partial charge in [-0.1, -0.05) is 28.1 Å². The Morgan fingerprint density at radius 1 is 1.43 bits per heavy atom. The Morgan fingerprint density at radius 3 is 2.86 bits per heavy atom. The van der Waals surface area contributed by atoms with Crippen molar-refractivity contribution in [3.63, 3.8) is 0 Å². The van der Waals surface area contributed by atoms with Crippen molar-refractivity contribution in [3.05, 3.63) is 34.3 Å². The van der Waals surface area contributed by atoms with Gasteiger partial charge in [0.25, 0.3) is 0 Å². The van der Waals surface area contributed by atoms with Crippen LogP contribution in [0.2, 0.25) is 0 Å². The van der Waals surface area contributed by atoms with Gasteiger partial charge >= 0.3 is 0 Å². The van der Waals surface area contributed by atoms with E-state index in [1.807, 2.05) is 24.3 Å². The lowest BCUT2D eigenvalue weighted by atomic mass is 10.1. The Labute approximate surface area is 133 Å². The molecule has 5 nitrogen and oxygen atoms in total. The van der Waals surface area contributed by atoms with E-state index in [4.69, 9.17) is 0 Å². The van der Waals surface area contributed by atoms with Crippen LogP contribution < -0.4 is 5.32 Å². The molecule has 2 rings (SSSR count). The molecule has 1 aliphatic rings. The molecule has 0 bridgehead atoms. The van der Waals surface area contributed by atoms with Crippen LogP contribution in [0, 0.1) is 0 Å². The van der Waals surface area contributed by atoms with E-state index in [1.165, 1.54) is 4.90 Å². The van der Waals surface area contributed by atoms with Gasteiger partial charge in [0.05, 0.1) is 6.42 Å². The third kappa shape index (κ3) is 4.04. The summed E-state index contributed by atoms with van der Waals surface area (Å²) in [4.78, 5) is 28.0. The smallest absolute Gasteiger partial charge is 0.246 e. The van der Waals surface area contributed by atoms with Crippen LogP contribution in [-0.4, -0.2) is 61.4 Å². The molecule has 0 spiro atoms. The van der Waals surface area contributed by atoms with E-state index in [1.54, 1.807) is 19.0 Å². The predicted octanol–water partition coefficient (Wildman–Crippen LogP) is 0.880. The topological polar surface area (TPSA) is 52.7 Å². The second-order valence-electron chi connectivity index (χ2n) is 5.35. The van der Waals surface area contributed by atoms with Crippen LogP contribution in [0.25, 0.3) is 0 Å². The fourth-order valence-electron chi connectivity index (χ4n) is 2.44. The summed E-state index contributed by atoms with van der Waals surface area (Å²) < 4.78 is 0.953. The molecular weight excluding hydrogens is 334 g/mol. The second-order valence-corrected chi connectivity index (χ2v) is 6.26. The highest BCUT2D eigenvalue weighted by Crippen LogP contribution is 2.14. The Morgan fingerprint density at radius 2 is 2.19 bits per heavy atom. The third-order valence-electron chi connectivity index (χ3n) is 3.53. The molecule has 114 valence electrons. The Bertz CT molecular complexity index is 533. The first-order valence-electron chi connectivity index (χ1n) is 6.95. The number of carbonyl (C=O) groups excluding carboxylic acids is 2. The summed E-state index contributed by atoms with van der Waals surface area (Å²) in [5.74, 6) is -0.0420. The number of likely N-dealkylation sites (N-methyl/N-ethyl adjacent to an activating group) is 1. The summed E-state index contributed by atoms with van der Waals surface area (Å²) >= 11 is 3.41. The van der Waals surface area contributed by atoms with Crippen LogP contribution in [0.4, 0.5) is 0 Å². The molecule has 0 radical (unpaired) electrons. The zero-order valence-electron chi connectivity index (χ0n) is 12.3. The molecule has 1 saturated heterocycles. The lowest BCUT2D eigenvalue weighted by molar-refractivity contribution is -0.145. The molecule has 6 heteroatoms. The molecule has 0 aliphatic carbocycles. The molecule has 1 atom stereocenters. The number of carbonyl (C=O) groups is 2. The molecule has 1 fully saturated rings. The molecule has 1 aromatic rings. The summed E-state index contributed by atoms with van der Waals surface area (Å²) in [7, 11) is 3.43. The van der Waals surface area contributed by atoms with E-state index in [2.05, 4.69) is 21.2 Å². The van der Waals surface area contributed by atoms with Crippen LogP contribution in [0.15, 0.2) is 28.7 Å². The van der Waals surface area contributed by atoms with E-state index < -0.39 is 6.04 Å². The number of nitrogens with zero attached hydrogens (tertiary/aromatic N) is 2. The van der Waals surface area contributed by atoms with Gasteiger partial charge in [-0.3, -0.25) is 9.59 Å². The highest BCUT2D eigenvalue weighted by Gasteiger charge is 2.32. The van der Waals surface area contributed by atoms with Gasteiger partial charge in [0, 0.05) is 38.2 Å². The predicted molar refractivity (Wildman–Crippen MR) is 84.9 cm³/mol. The van der Waals surface area contributed by atoms with Crippen molar-refractivity contribution in [1.29, 1.82) is 0 Å². The first kappa shape index (κ1) is 16.0. The maximum Gasteiger partial charge on any atom is 0.246 e. The highest BCUT2D eigenvalue weighted by atomic mass is 79.9. The van der Waals surface area contributed by atoms with Gasteiger partial charge in [-0.05, 0) is 17.7 Å². The minimum absolute atomic E-state index is 0.00481. The molecule has 1 aromatic carbocycles. The Balaban J connectivity index is 2.10. The van der Waals surface area contributed by atoms with Crippen molar-refractivity contribution in [2.45, 2.75) is 12.5 Å². The van der Waals surface area contributed by atoms with Crippen LogP contribution >= 0.6 is 15.9 Å². The number of halogens is 1. The molecular formula is C15H20BrN3O2. The van der Waals surface area contributed by atoms with E-state index in [0.29, 0.717) is 19.5 Å². The lowest BCUT2D eigenvalue weighted by Gasteiger charge is -2.36. The molecule has 1 unspecified atom stereocenters. The number of nitrogens with one attached hydrogen (secondary N) is 1. The number of hydrogen-bond acceptors (Lipinski definition) is 3. The average Bonchev–Trinajstić information content (AvgIpc) is 2.46. The number of rotatable bonds is 3. The van der Waals surface area contributed by atoms with Crippen molar-refractivity contribution in [2.24, 2.45) is 0 Å². The minimum atomic E-state index is -0.409. The van der Waals surface area contributed by atoms with Crippen molar-refractivity contribution in [3.8, 4) is 0 Å². The summed E-state index contributed by atoms with van der Waals surface area (Å²) in [5.41, 5.74) is 0.948. The number of amides is 2. The van der Waals surface area contributed by atoms with Crippen molar-refractivity contribution >= 4 is 27.7 Å². The first-order valence-corrected chi connectivity index (χ1v) is 7.74. The van der Waals surface area contributed by atoms with Crippen molar-refractivity contribution < 1.29 is 9.59 Å². The van der Waals surface area contributed by atoms with Crippen LogP contribution in [0.3, 0.4) is 0 Å². The van der Waals surface area contributed by atoms with Crippen LogP contribution in [0.5, 0.6) is 0 Å². The molecule has 1 aliphatic heterocycles. The number of benzene rings is 1. The molecule has 1 N–H and O–H groups in total. The van der Waals surface area contributed by atoms with Gasteiger partial charge in [-0.2, -0.15) is 0 Å². The molecule has 0 aromatic heterocycles. The fraction of sp³-hybridized carbons (Fsp3) is 0.467. The van der Waals surface area contributed by atoms with E-state index in [-0.39, 0.29) is 11.8 Å². The van der Waals surface area contributed by atoms with Gasteiger partial charge in [0.15, 0.2) is 0 Å². The zero-order valence-corrected chi connectivity index (χ0v) is 13.9. The van der Waals surface area contributed by atoms with E-state index >= 15 is 0 Å². The van der Waals surface area contributed by atoms with E-state index in [9.17, 15) is 9.59 Å². The van der Waals surface area contributed by atoms with Gasteiger partial charge in [0.2, 0.25) is 11.8 Å².